The largest absolute Gasteiger partial charge is 0.422 e. The van der Waals surface area contributed by atoms with Crippen molar-refractivity contribution in [1.29, 1.82) is 0 Å². The topological polar surface area (TPSA) is 46.3 Å². The summed E-state index contributed by atoms with van der Waals surface area (Å²) in [6, 6.07) is 16.7. The number of aryl methyl sites for hydroxylation is 2. The summed E-state index contributed by atoms with van der Waals surface area (Å²) < 4.78 is 7.07. The molecule has 0 saturated heterocycles. The lowest BCUT2D eigenvalue weighted by molar-refractivity contribution is 0.551. The van der Waals surface area contributed by atoms with E-state index in [1.165, 1.54) is 23.2 Å². The first-order valence-corrected chi connectivity index (χ1v) is 11.7. The normalized spacial score (nSPS) is 15.7. The summed E-state index contributed by atoms with van der Waals surface area (Å²) in [7, 11) is 0. The maximum Gasteiger partial charge on any atom is 0.346 e. The van der Waals surface area contributed by atoms with Crippen LogP contribution >= 0.6 is 11.3 Å². The van der Waals surface area contributed by atoms with Crippen LogP contribution in [0.15, 0.2) is 57.7 Å². The summed E-state index contributed by atoms with van der Waals surface area (Å²) in [5.74, 6) is 0. The van der Waals surface area contributed by atoms with Gasteiger partial charge in [-0.15, -0.1) is 11.3 Å². The van der Waals surface area contributed by atoms with Crippen LogP contribution in [0.5, 0.6) is 0 Å². The number of fused-ring (bicyclic) bond motifs is 5. The van der Waals surface area contributed by atoms with E-state index >= 15 is 0 Å². The maximum atomic E-state index is 13.1. The lowest BCUT2D eigenvalue weighted by Crippen LogP contribution is -2.34. The van der Waals surface area contributed by atoms with Crippen molar-refractivity contribution in [2.24, 2.45) is 0 Å². The molecular formula is C26H20N2O2S. The number of hydrogen-bond acceptors (Lipinski definition) is 5. The Kier molecular flexibility index (Phi) is 3.62. The van der Waals surface area contributed by atoms with Crippen LogP contribution in [0.1, 0.15) is 24.0 Å². The van der Waals surface area contributed by atoms with Gasteiger partial charge in [-0.2, -0.15) is 0 Å². The number of anilines is 1. The highest BCUT2D eigenvalue weighted by atomic mass is 32.1. The zero-order valence-electron chi connectivity index (χ0n) is 17.0. The molecule has 2 aliphatic rings. The minimum absolute atomic E-state index is 0.292. The van der Waals surface area contributed by atoms with Gasteiger partial charge in [0, 0.05) is 35.1 Å². The van der Waals surface area contributed by atoms with Crippen LogP contribution in [0.25, 0.3) is 42.5 Å². The fraction of sp³-hybridized carbons (Fsp3) is 0.231. The van der Waals surface area contributed by atoms with Crippen LogP contribution in [-0.2, 0) is 12.8 Å². The summed E-state index contributed by atoms with van der Waals surface area (Å²) in [6.45, 7) is 2.21. The highest BCUT2D eigenvalue weighted by molar-refractivity contribution is 7.21. The Bertz CT molecular complexity index is 1580. The van der Waals surface area contributed by atoms with E-state index in [2.05, 4.69) is 35.2 Å². The predicted molar refractivity (Wildman–Crippen MR) is 127 cm³/mol. The Labute approximate surface area is 182 Å². The molecule has 2 aromatic heterocycles. The second-order valence-corrected chi connectivity index (χ2v) is 9.61. The molecule has 0 aliphatic carbocycles. The maximum absolute atomic E-state index is 13.1. The fourth-order valence-electron chi connectivity index (χ4n) is 5.37. The molecule has 2 aliphatic heterocycles. The van der Waals surface area contributed by atoms with Gasteiger partial charge >= 0.3 is 5.63 Å². The van der Waals surface area contributed by atoms with Crippen molar-refractivity contribution in [1.82, 2.24) is 4.98 Å². The molecule has 0 atom stereocenters. The third-order valence-corrected chi connectivity index (χ3v) is 7.78. The molecule has 0 saturated carbocycles. The molecule has 0 bridgehead atoms. The van der Waals surface area contributed by atoms with Gasteiger partial charge in [-0.25, -0.2) is 9.78 Å². The molecule has 0 unspecified atom stereocenters. The zero-order chi connectivity index (χ0) is 20.5. The highest BCUT2D eigenvalue weighted by Gasteiger charge is 2.27. The third-order valence-electron chi connectivity index (χ3n) is 6.73. The molecule has 5 heteroatoms. The summed E-state index contributed by atoms with van der Waals surface area (Å²) in [5.41, 5.74) is 5.93. The molecule has 3 aromatic carbocycles. The number of rotatable bonds is 1. The predicted octanol–water partition coefficient (Wildman–Crippen LogP) is 5.92. The second-order valence-electron chi connectivity index (χ2n) is 8.58. The van der Waals surface area contributed by atoms with Crippen LogP contribution in [0.2, 0.25) is 0 Å². The van der Waals surface area contributed by atoms with Gasteiger partial charge in [-0.3, -0.25) is 0 Å². The molecule has 5 aromatic rings. The van der Waals surface area contributed by atoms with Crippen molar-refractivity contribution < 1.29 is 4.42 Å². The second kappa shape index (κ2) is 6.41. The van der Waals surface area contributed by atoms with E-state index in [4.69, 9.17) is 9.40 Å². The number of hydrogen-bond donors (Lipinski definition) is 0. The summed E-state index contributed by atoms with van der Waals surface area (Å²) in [6.07, 6.45) is 4.37. The van der Waals surface area contributed by atoms with Crippen LogP contribution in [0.4, 0.5) is 5.69 Å². The molecule has 4 nitrogen and oxygen atoms in total. The van der Waals surface area contributed by atoms with Gasteiger partial charge in [0.15, 0.2) is 0 Å². The van der Waals surface area contributed by atoms with Gasteiger partial charge in [0.1, 0.15) is 10.6 Å². The van der Waals surface area contributed by atoms with Crippen molar-refractivity contribution in [3.8, 4) is 10.6 Å². The molecule has 0 amide bonds. The van der Waals surface area contributed by atoms with Crippen LogP contribution in [0, 0.1) is 0 Å². The van der Waals surface area contributed by atoms with Crippen LogP contribution < -0.4 is 10.5 Å². The van der Waals surface area contributed by atoms with E-state index < -0.39 is 0 Å². The Morgan fingerprint density at radius 2 is 1.84 bits per heavy atom. The molecule has 152 valence electrons. The van der Waals surface area contributed by atoms with Gasteiger partial charge in [0.25, 0.3) is 0 Å². The summed E-state index contributed by atoms with van der Waals surface area (Å²) >= 11 is 1.56. The Morgan fingerprint density at radius 3 is 2.77 bits per heavy atom. The first kappa shape index (κ1) is 17.5. The van der Waals surface area contributed by atoms with Gasteiger partial charge in [-0.1, -0.05) is 30.3 Å². The van der Waals surface area contributed by atoms with E-state index in [0.717, 1.165) is 69.3 Å². The lowest BCUT2D eigenvalue weighted by atomic mass is 9.90. The SMILES string of the molecule is O=c1oc2c3c4c(cc2cc1-c1nc2c(ccc5ccccc52)s1)CCCN4CCC3. The van der Waals surface area contributed by atoms with E-state index in [1.54, 1.807) is 11.3 Å². The van der Waals surface area contributed by atoms with Crippen molar-refractivity contribution in [2.45, 2.75) is 25.7 Å². The van der Waals surface area contributed by atoms with Gasteiger partial charge < -0.3 is 9.32 Å². The Hall–Kier alpha value is -3.18. The summed E-state index contributed by atoms with van der Waals surface area (Å²) in [4.78, 5) is 20.5. The average Bonchev–Trinajstić information content (AvgIpc) is 3.24. The molecule has 31 heavy (non-hydrogen) atoms. The zero-order valence-corrected chi connectivity index (χ0v) is 17.8. The van der Waals surface area contributed by atoms with Crippen LogP contribution in [-0.4, -0.2) is 18.1 Å². The fourth-order valence-corrected chi connectivity index (χ4v) is 6.36. The highest BCUT2D eigenvalue weighted by Crippen LogP contribution is 2.41. The number of aromatic nitrogens is 1. The molecule has 4 heterocycles. The number of nitrogens with zero attached hydrogens (tertiary/aromatic N) is 2. The molecule has 0 spiro atoms. The van der Waals surface area contributed by atoms with E-state index in [-0.39, 0.29) is 5.63 Å². The van der Waals surface area contributed by atoms with Gasteiger partial charge in [0.05, 0.1) is 15.8 Å². The van der Waals surface area contributed by atoms with Gasteiger partial charge in [0.2, 0.25) is 0 Å². The quantitative estimate of drug-likeness (QED) is 0.313. The molecule has 0 radical (unpaired) electrons. The molecular weight excluding hydrogens is 404 g/mol. The van der Waals surface area contributed by atoms with E-state index in [9.17, 15) is 4.79 Å². The molecule has 0 fully saturated rings. The minimum Gasteiger partial charge on any atom is -0.422 e. The summed E-state index contributed by atoms with van der Waals surface area (Å²) in [5, 5.41) is 4.03. The minimum atomic E-state index is -0.292. The molecule has 7 rings (SSSR count). The van der Waals surface area contributed by atoms with Crippen molar-refractivity contribution in [2.75, 3.05) is 18.0 Å². The number of thiazole rings is 1. The first-order valence-electron chi connectivity index (χ1n) is 10.9. The number of benzene rings is 3. The van der Waals surface area contributed by atoms with E-state index in [1.807, 2.05) is 18.2 Å². The lowest BCUT2D eigenvalue weighted by Gasteiger charge is -2.37. The monoisotopic (exact) mass is 424 g/mol. The van der Waals surface area contributed by atoms with Gasteiger partial charge in [-0.05, 0) is 54.8 Å². The Balaban J connectivity index is 1.47. The first-order chi connectivity index (χ1) is 15.3. The third kappa shape index (κ3) is 2.53. The van der Waals surface area contributed by atoms with Crippen molar-refractivity contribution >= 4 is 49.0 Å². The van der Waals surface area contributed by atoms with Crippen molar-refractivity contribution in [3.05, 3.63) is 70.1 Å². The smallest absolute Gasteiger partial charge is 0.346 e. The van der Waals surface area contributed by atoms with Crippen molar-refractivity contribution in [3.63, 3.8) is 0 Å². The standard InChI is InChI=1S/C26H20N2O2S/c29-26-20(25-27-22-18-7-2-1-5-15(18)9-10-21(22)31-25)14-17-13-16-6-3-11-28-12-4-8-19(23(16)28)24(17)30-26/h1-2,5,7,9-10,13-14H,3-4,6,8,11-12H2. The van der Waals surface area contributed by atoms with E-state index in [0.29, 0.717) is 5.56 Å². The average molecular weight is 425 g/mol. The molecule has 0 N–H and O–H groups in total. The van der Waals surface area contributed by atoms with Crippen LogP contribution in [0.3, 0.4) is 0 Å². The Morgan fingerprint density at radius 1 is 0.968 bits per heavy atom.